The normalized spacial score (nSPS) is 11.2. The van der Waals surface area contributed by atoms with Crippen molar-refractivity contribution in [3.05, 3.63) is 113 Å². The summed E-state index contributed by atoms with van der Waals surface area (Å²) in [5.41, 5.74) is 6.90. The second-order valence-electron chi connectivity index (χ2n) is 8.91. The van der Waals surface area contributed by atoms with Gasteiger partial charge < -0.3 is 15.0 Å². The summed E-state index contributed by atoms with van der Waals surface area (Å²) in [5.74, 6) is -0.578. The lowest BCUT2D eigenvalue weighted by Crippen LogP contribution is -2.32. The Labute approximate surface area is 221 Å². The number of aromatic nitrogens is 1. The minimum absolute atomic E-state index is 0.269. The number of hydrogen-bond donors (Lipinski definition) is 4. The first-order valence-electron chi connectivity index (χ1n) is 12.5. The van der Waals surface area contributed by atoms with E-state index in [0.717, 1.165) is 35.2 Å². The average molecular weight is 513 g/mol. The Kier molecular flexibility index (Phi) is 9.67. The number of amides is 2. The lowest BCUT2D eigenvalue weighted by molar-refractivity contribution is -0.124. The van der Waals surface area contributed by atoms with Gasteiger partial charge in [0, 0.05) is 49.4 Å². The van der Waals surface area contributed by atoms with Crippen molar-refractivity contribution in [3.8, 4) is 0 Å². The van der Waals surface area contributed by atoms with Crippen LogP contribution in [0.25, 0.3) is 17.0 Å². The number of alkyl carbamates (subject to hydrolysis) is 1. The molecule has 0 fully saturated rings. The van der Waals surface area contributed by atoms with Crippen LogP contribution in [0, 0.1) is 0 Å². The number of fused-ring (bicyclic) bond motifs is 1. The zero-order valence-corrected chi connectivity index (χ0v) is 21.1. The van der Waals surface area contributed by atoms with Crippen LogP contribution in [0.15, 0.2) is 91.1 Å². The largest absolute Gasteiger partial charge is 0.448 e. The fraction of sp³-hybridized carbons (Fsp3) is 0.200. The van der Waals surface area contributed by atoms with Gasteiger partial charge >= 0.3 is 6.09 Å². The predicted octanol–water partition coefficient (Wildman–Crippen LogP) is 4.66. The van der Waals surface area contributed by atoms with Gasteiger partial charge in [-0.3, -0.25) is 14.9 Å². The van der Waals surface area contributed by atoms with E-state index in [2.05, 4.69) is 33.5 Å². The molecule has 38 heavy (non-hydrogen) atoms. The lowest BCUT2D eigenvalue weighted by Gasteiger charge is -2.22. The van der Waals surface area contributed by atoms with E-state index >= 15 is 0 Å². The summed E-state index contributed by atoms with van der Waals surface area (Å²) < 4.78 is 5.46. The molecule has 8 nitrogen and oxygen atoms in total. The van der Waals surface area contributed by atoms with Crippen LogP contribution >= 0.6 is 0 Å². The summed E-state index contributed by atoms with van der Waals surface area (Å²) >= 11 is 0. The molecule has 0 bridgehead atoms. The topological polar surface area (TPSA) is 107 Å². The molecule has 3 aromatic carbocycles. The van der Waals surface area contributed by atoms with E-state index in [4.69, 9.17) is 9.94 Å². The van der Waals surface area contributed by atoms with Gasteiger partial charge in [-0.1, -0.05) is 72.8 Å². The van der Waals surface area contributed by atoms with E-state index in [1.54, 1.807) is 11.6 Å². The molecule has 0 saturated heterocycles. The zero-order valence-electron chi connectivity index (χ0n) is 21.1. The number of hydrogen-bond acceptors (Lipinski definition) is 5. The van der Waals surface area contributed by atoms with Crippen LogP contribution in [-0.4, -0.2) is 46.8 Å². The maximum absolute atomic E-state index is 12.2. The zero-order chi connectivity index (χ0) is 26.6. The van der Waals surface area contributed by atoms with Gasteiger partial charge in [0.25, 0.3) is 5.91 Å². The fourth-order valence-corrected chi connectivity index (χ4v) is 4.18. The van der Waals surface area contributed by atoms with Gasteiger partial charge in [0.05, 0.1) is 0 Å². The summed E-state index contributed by atoms with van der Waals surface area (Å²) in [6, 6.07) is 25.8. The minimum Gasteiger partial charge on any atom is -0.448 e. The summed E-state index contributed by atoms with van der Waals surface area (Å²) in [6.07, 6.45) is 5.37. The smallest absolute Gasteiger partial charge is 0.407 e. The van der Waals surface area contributed by atoms with Crippen LogP contribution in [0.4, 0.5) is 4.79 Å². The number of nitrogens with zero attached hydrogens (tertiary/aromatic N) is 1. The third kappa shape index (κ3) is 8.06. The molecule has 0 saturated carbocycles. The summed E-state index contributed by atoms with van der Waals surface area (Å²) in [7, 11) is 0. The van der Waals surface area contributed by atoms with Crippen molar-refractivity contribution in [1.29, 1.82) is 0 Å². The van der Waals surface area contributed by atoms with Crippen molar-refractivity contribution >= 4 is 29.0 Å². The van der Waals surface area contributed by atoms with Crippen molar-refractivity contribution < 1.29 is 19.5 Å². The maximum Gasteiger partial charge on any atom is 0.407 e. The number of carbonyl (C=O) groups is 2. The third-order valence-corrected chi connectivity index (χ3v) is 6.22. The molecule has 4 N–H and O–H groups in total. The number of aromatic amines is 1. The van der Waals surface area contributed by atoms with Crippen LogP contribution in [0.5, 0.6) is 0 Å². The molecule has 1 heterocycles. The molecule has 0 aliphatic rings. The molecular formula is C30H32N4O4. The molecule has 1 aromatic heterocycles. The highest BCUT2D eigenvalue weighted by atomic mass is 16.5. The third-order valence-electron chi connectivity index (χ3n) is 6.22. The van der Waals surface area contributed by atoms with E-state index in [-0.39, 0.29) is 6.61 Å². The molecule has 0 aliphatic heterocycles. The van der Waals surface area contributed by atoms with E-state index in [0.29, 0.717) is 19.6 Å². The Balaban J connectivity index is 1.34. The maximum atomic E-state index is 12.2. The van der Waals surface area contributed by atoms with Crippen LogP contribution in [0.1, 0.15) is 22.3 Å². The molecule has 0 radical (unpaired) electrons. The lowest BCUT2D eigenvalue weighted by atomic mass is 10.1. The van der Waals surface area contributed by atoms with Crippen LogP contribution in [0.2, 0.25) is 0 Å². The number of ether oxygens (including phenoxy) is 1. The average Bonchev–Trinajstić information content (AvgIpc) is 3.37. The van der Waals surface area contributed by atoms with Gasteiger partial charge in [0.15, 0.2) is 0 Å². The van der Waals surface area contributed by atoms with Gasteiger partial charge in [-0.15, -0.1) is 0 Å². The Morgan fingerprint density at radius 2 is 1.68 bits per heavy atom. The molecule has 4 aromatic rings. The van der Waals surface area contributed by atoms with Crippen molar-refractivity contribution in [3.63, 3.8) is 0 Å². The van der Waals surface area contributed by atoms with Gasteiger partial charge in [0.2, 0.25) is 0 Å². The van der Waals surface area contributed by atoms with Crippen molar-refractivity contribution in [2.45, 2.75) is 19.5 Å². The Morgan fingerprint density at radius 1 is 0.921 bits per heavy atom. The van der Waals surface area contributed by atoms with Crippen LogP contribution in [0.3, 0.4) is 0 Å². The number of benzene rings is 3. The molecular weight excluding hydrogens is 480 g/mol. The summed E-state index contributed by atoms with van der Waals surface area (Å²) in [5, 5.41) is 12.6. The van der Waals surface area contributed by atoms with Crippen molar-refractivity contribution in [2.75, 3.05) is 19.7 Å². The van der Waals surface area contributed by atoms with E-state index < -0.39 is 12.0 Å². The Morgan fingerprint density at radius 3 is 2.47 bits per heavy atom. The SMILES string of the molecule is O=C(/C=C/c1ccc(CN(CCOC(=O)NCc2ccccc2)CCc2c[nH]c3ccccc23)cc1)NO. The fourth-order valence-electron chi connectivity index (χ4n) is 4.18. The highest BCUT2D eigenvalue weighted by Crippen LogP contribution is 2.19. The van der Waals surface area contributed by atoms with E-state index in [1.165, 1.54) is 17.0 Å². The highest BCUT2D eigenvalue weighted by molar-refractivity contribution is 5.90. The standard InChI is InChI=1S/C30H32N4O4/c35-29(33-37)15-14-23-10-12-25(13-11-23)22-34(17-16-26-21-31-28-9-5-4-8-27(26)28)18-19-38-30(36)32-20-24-6-2-1-3-7-24/h1-15,21,31,37H,16-20,22H2,(H,32,36)(H,33,35)/b15-14+. The number of rotatable bonds is 12. The molecule has 2 amide bonds. The van der Waals surface area contributed by atoms with Gasteiger partial charge in [-0.2, -0.15) is 0 Å². The number of H-pyrrole nitrogens is 1. The molecule has 0 unspecified atom stereocenters. The first kappa shape index (κ1) is 26.7. The molecule has 8 heteroatoms. The second kappa shape index (κ2) is 13.8. The molecule has 196 valence electrons. The number of nitrogens with one attached hydrogen (secondary N) is 3. The minimum atomic E-state index is -0.578. The molecule has 0 spiro atoms. The first-order valence-corrected chi connectivity index (χ1v) is 12.5. The highest BCUT2D eigenvalue weighted by Gasteiger charge is 2.11. The summed E-state index contributed by atoms with van der Waals surface area (Å²) in [4.78, 5) is 29.0. The van der Waals surface area contributed by atoms with Crippen LogP contribution < -0.4 is 10.8 Å². The Hall–Kier alpha value is -4.40. The predicted molar refractivity (Wildman–Crippen MR) is 147 cm³/mol. The number of carbonyl (C=O) groups excluding carboxylic acids is 2. The number of hydroxylamine groups is 1. The van der Waals surface area contributed by atoms with Crippen molar-refractivity contribution in [2.24, 2.45) is 0 Å². The van der Waals surface area contributed by atoms with Gasteiger partial charge in [0.1, 0.15) is 6.61 Å². The number of para-hydroxylation sites is 1. The molecule has 0 atom stereocenters. The molecule has 0 aliphatic carbocycles. The van der Waals surface area contributed by atoms with Gasteiger partial charge in [-0.05, 0) is 40.8 Å². The molecule has 4 rings (SSSR count). The second-order valence-corrected chi connectivity index (χ2v) is 8.91. The Bertz CT molecular complexity index is 1350. The first-order chi connectivity index (χ1) is 18.6. The van der Waals surface area contributed by atoms with Gasteiger partial charge in [-0.25, -0.2) is 10.3 Å². The quantitative estimate of drug-likeness (QED) is 0.126. The van der Waals surface area contributed by atoms with E-state index in [9.17, 15) is 9.59 Å². The van der Waals surface area contributed by atoms with E-state index in [1.807, 2.05) is 66.7 Å². The monoisotopic (exact) mass is 512 g/mol. The van der Waals surface area contributed by atoms with Crippen molar-refractivity contribution in [1.82, 2.24) is 20.7 Å². The summed E-state index contributed by atoms with van der Waals surface area (Å²) in [6.45, 7) is 2.74. The van der Waals surface area contributed by atoms with Crippen LogP contribution in [-0.2, 0) is 29.0 Å².